The number of nitrogens with zero attached hydrogens (tertiary/aromatic N) is 1. The van der Waals surface area contributed by atoms with Crippen molar-refractivity contribution in [2.24, 2.45) is 17.8 Å². The number of hydrogen-bond acceptors (Lipinski definition) is 8. The Hall–Kier alpha value is -4.06. The molecule has 0 unspecified atom stereocenters. The summed E-state index contributed by atoms with van der Waals surface area (Å²) < 4.78 is 5.48. The monoisotopic (exact) mass is 625 g/mol. The molecule has 3 aromatic carbocycles. The number of fused-ring (bicyclic) bond motifs is 1. The first-order valence-electron chi connectivity index (χ1n) is 15.4. The van der Waals surface area contributed by atoms with Gasteiger partial charge in [-0.2, -0.15) is 0 Å². The van der Waals surface area contributed by atoms with Crippen molar-refractivity contribution >= 4 is 41.7 Å². The molecule has 0 radical (unpaired) electrons. The quantitative estimate of drug-likeness (QED) is 0.0946. The number of carbonyl (C=O) groups excluding carboxylic acids is 2. The number of imide groups is 1. The van der Waals surface area contributed by atoms with E-state index in [1.54, 1.807) is 12.1 Å². The van der Waals surface area contributed by atoms with Crippen LogP contribution < -0.4 is 10.4 Å². The molecular weight excluding hydrogens is 585 g/mol. The van der Waals surface area contributed by atoms with E-state index in [4.69, 9.17) is 4.74 Å². The molecule has 5 rings (SSSR count). The first kappa shape index (κ1) is 33.3. The Morgan fingerprint density at radius 1 is 1.02 bits per heavy atom. The lowest BCUT2D eigenvalue weighted by Crippen LogP contribution is -2.39. The summed E-state index contributed by atoms with van der Waals surface area (Å²) in [5.74, 6) is -3.13. The minimum absolute atomic E-state index is 0.132. The molecule has 1 aliphatic carbocycles. The van der Waals surface area contributed by atoms with Gasteiger partial charge in [0.2, 0.25) is 11.8 Å². The minimum atomic E-state index is -1.77. The highest BCUT2D eigenvalue weighted by Crippen LogP contribution is 2.47. The molecule has 240 valence electrons. The van der Waals surface area contributed by atoms with Crippen LogP contribution in [0.5, 0.6) is 5.75 Å². The third kappa shape index (κ3) is 6.58. The number of aliphatic hydroxyl groups is 2. The third-order valence-electron chi connectivity index (χ3n) is 9.17. The molecule has 1 fully saturated rings. The number of hydrogen-bond donors (Lipinski definition) is 5. The summed E-state index contributed by atoms with van der Waals surface area (Å²) >= 11 is 0. The van der Waals surface area contributed by atoms with E-state index in [2.05, 4.69) is 0 Å². The molecule has 1 aliphatic heterocycles. The van der Waals surface area contributed by atoms with E-state index in [0.717, 1.165) is 32.7 Å². The predicted molar refractivity (Wildman–Crippen MR) is 177 cm³/mol. The predicted octanol–water partition coefficient (Wildman–Crippen LogP) is 3.13. The number of amides is 2. The summed E-state index contributed by atoms with van der Waals surface area (Å²) in [5, 5.41) is 52.0. The molecule has 1 heterocycles. The number of phenols is 1. The van der Waals surface area contributed by atoms with Crippen LogP contribution >= 0.6 is 0 Å². The molecule has 4 atom stereocenters. The van der Waals surface area contributed by atoms with Crippen LogP contribution in [0.2, 0.25) is 0 Å². The zero-order chi connectivity index (χ0) is 33.1. The molecule has 2 amide bonds. The topological polar surface area (TPSA) is 148 Å². The van der Waals surface area contributed by atoms with Crippen LogP contribution in [0.25, 0.3) is 11.6 Å². The molecule has 2 aliphatic rings. The smallest absolute Gasteiger partial charge is 0.488 e. The Kier molecular flexibility index (Phi) is 10.2. The normalized spacial score (nSPS) is 20.7. The standard InChI is InChI=1S/C36H40BNO8/c1-21-14-23(15-22(2)34(21)41)16-25(24-8-5-4-6-9-24)12-13-31(40)32-26(20-46-3)17-29-33(30(32)19-39)36(43)38(35(29)42)28-11-7-10-27(18-28)37(44)45/h4-11,14-16,18,29-31,33,39-41,44-45H,12-13,17,19-20H2,1-3H3/b25-16-/t29-,30+,31-,33-/m1/s1. The maximum absolute atomic E-state index is 13.9. The van der Waals surface area contributed by atoms with Crippen molar-refractivity contribution in [1.29, 1.82) is 0 Å². The molecular formula is C36H40BNO8. The summed E-state index contributed by atoms with van der Waals surface area (Å²) in [6.45, 7) is 3.39. The summed E-state index contributed by atoms with van der Waals surface area (Å²) in [7, 11) is -0.247. The highest BCUT2D eigenvalue weighted by atomic mass is 16.5. The highest BCUT2D eigenvalue weighted by Gasteiger charge is 2.55. The van der Waals surface area contributed by atoms with Crippen LogP contribution in [0.1, 0.15) is 41.5 Å². The number of methoxy groups -OCH3 is 1. The van der Waals surface area contributed by atoms with Gasteiger partial charge in [-0.25, -0.2) is 0 Å². The number of aliphatic hydroxyl groups excluding tert-OH is 2. The first-order valence-corrected chi connectivity index (χ1v) is 15.4. The number of aromatic hydroxyl groups is 1. The van der Waals surface area contributed by atoms with E-state index < -0.39 is 49.4 Å². The first-order chi connectivity index (χ1) is 22.0. The second-order valence-electron chi connectivity index (χ2n) is 12.2. The molecule has 0 spiro atoms. The largest absolute Gasteiger partial charge is 0.507 e. The van der Waals surface area contributed by atoms with Crippen molar-refractivity contribution < 1.29 is 39.7 Å². The van der Waals surface area contributed by atoms with E-state index in [9.17, 15) is 35.0 Å². The number of aryl methyl sites for hydroxylation is 2. The molecule has 46 heavy (non-hydrogen) atoms. The molecule has 1 saturated heterocycles. The van der Waals surface area contributed by atoms with Gasteiger partial charge < -0.3 is 30.1 Å². The third-order valence-corrected chi connectivity index (χ3v) is 9.17. The van der Waals surface area contributed by atoms with Gasteiger partial charge in [-0.05, 0) is 102 Å². The fourth-order valence-corrected chi connectivity index (χ4v) is 7.02. The van der Waals surface area contributed by atoms with Gasteiger partial charge in [0.15, 0.2) is 0 Å². The molecule has 5 N–H and O–H groups in total. The Morgan fingerprint density at radius 3 is 2.35 bits per heavy atom. The van der Waals surface area contributed by atoms with Crippen LogP contribution in [0.15, 0.2) is 77.9 Å². The lowest BCUT2D eigenvalue weighted by molar-refractivity contribution is -0.123. The van der Waals surface area contributed by atoms with Gasteiger partial charge in [-0.1, -0.05) is 48.5 Å². The van der Waals surface area contributed by atoms with Crippen LogP contribution in [-0.4, -0.2) is 70.7 Å². The zero-order valence-corrected chi connectivity index (χ0v) is 26.3. The molecule has 0 saturated carbocycles. The van der Waals surface area contributed by atoms with Crippen molar-refractivity contribution in [1.82, 2.24) is 0 Å². The Balaban J connectivity index is 1.46. The number of rotatable bonds is 11. The van der Waals surface area contributed by atoms with Crippen LogP contribution in [0.3, 0.4) is 0 Å². The number of ether oxygens (including phenoxy) is 1. The maximum Gasteiger partial charge on any atom is 0.488 e. The van der Waals surface area contributed by atoms with Gasteiger partial charge >= 0.3 is 7.12 Å². The molecule has 3 aromatic rings. The summed E-state index contributed by atoms with van der Waals surface area (Å²) in [4.78, 5) is 28.6. The van der Waals surface area contributed by atoms with Crippen molar-refractivity contribution in [3.05, 3.63) is 100 Å². The van der Waals surface area contributed by atoms with E-state index in [0.29, 0.717) is 17.6 Å². The molecule has 9 nitrogen and oxygen atoms in total. The second kappa shape index (κ2) is 14.2. The van der Waals surface area contributed by atoms with Gasteiger partial charge in [0.05, 0.1) is 36.8 Å². The lowest BCUT2D eigenvalue weighted by Gasteiger charge is -2.36. The molecule has 0 bridgehead atoms. The average molecular weight is 626 g/mol. The number of allylic oxidation sites excluding steroid dienone is 1. The number of carbonyl (C=O) groups is 2. The Bertz CT molecular complexity index is 1640. The minimum Gasteiger partial charge on any atom is -0.507 e. The lowest BCUT2D eigenvalue weighted by atomic mass is 9.68. The number of benzene rings is 3. The van der Waals surface area contributed by atoms with E-state index in [1.165, 1.54) is 19.2 Å². The second-order valence-corrected chi connectivity index (χ2v) is 12.2. The molecule has 0 aromatic heterocycles. The Labute approximate surface area is 269 Å². The fourth-order valence-electron chi connectivity index (χ4n) is 7.02. The summed E-state index contributed by atoms with van der Waals surface area (Å²) in [6, 6.07) is 19.6. The summed E-state index contributed by atoms with van der Waals surface area (Å²) in [5.41, 5.74) is 5.97. The molecule has 10 heteroatoms. The summed E-state index contributed by atoms with van der Waals surface area (Å²) in [6.07, 6.45) is 1.97. The van der Waals surface area contributed by atoms with E-state index >= 15 is 0 Å². The van der Waals surface area contributed by atoms with Gasteiger partial charge in [0, 0.05) is 13.0 Å². The van der Waals surface area contributed by atoms with Gasteiger partial charge in [0.25, 0.3) is 0 Å². The van der Waals surface area contributed by atoms with Gasteiger partial charge in [-0.3, -0.25) is 14.5 Å². The number of anilines is 1. The van der Waals surface area contributed by atoms with Crippen LogP contribution in [0.4, 0.5) is 5.69 Å². The number of phenolic OH excluding ortho intramolecular Hbond substituents is 1. The van der Waals surface area contributed by atoms with Gasteiger partial charge in [0.1, 0.15) is 5.75 Å². The van der Waals surface area contributed by atoms with E-state index in [-0.39, 0.29) is 36.3 Å². The van der Waals surface area contributed by atoms with Crippen molar-refractivity contribution in [2.75, 3.05) is 25.2 Å². The van der Waals surface area contributed by atoms with Crippen LogP contribution in [-0.2, 0) is 14.3 Å². The maximum atomic E-state index is 13.9. The van der Waals surface area contributed by atoms with Crippen molar-refractivity contribution in [2.45, 2.75) is 39.2 Å². The zero-order valence-electron chi connectivity index (χ0n) is 26.3. The Morgan fingerprint density at radius 2 is 1.72 bits per heavy atom. The highest BCUT2D eigenvalue weighted by molar-refractivity contribution is 6.58. The SMILES string of the molecule is COCC1=C([C@H](O)CC/C(=C/c2cc(C)c(O)c(C)c2)c2ccccc2)[C@H](CO)[C@@H]2C(=O)N(c3cccc(B(O)O)c3)C(=O)[C@@H]2C1. The van der Waals surface area contributed by atoms with Gasteiger partial charge in [-0.15, -0.1) is 0 Å². The van der Waals surface area contributed by atoms with E-state index in [1.807, 2.05) is 62.4 Å². The van der Waals surface area contributed by atoms with Crippen molar-refractivity contribution in [3.63, 3.8) is 0 Å². The van der Waals surface area contributed by atoms with Crippen LogP contribution in [0, 0.1) is 31.6 Å². The fraction of sp³-hybridized carbons (Fsp3) is 0.333. The van der Waals surface area contributed by atoms with Crippen molar-refractivity contribution in [3.8, 4) is 5.75 Å². The average Bonchev–Trinajstić information content (AvgIpc) is 3.30.